The van der Waals surface area contributed by atoms with Crippen LogP contribution in [0.25, 0.3) is 11.3 Å². The van der Waals surface area contributed by atoms with Crippen LogP contribution in [0.1, 0.15) is 26.5 Å². The highest BCUT2D eigenvalue weighted by Gasteiger charge is 2.18. The van der Waals surface area contributed by atoms with Crippen LogP contribution >= 0.6 is 23.2 Å². The van der Waals surface area contributed by atoms with Gasteiger partial charge in [-0.15, -0.1) is 0 Å². The van der Waals surface area contributed by atoms with Crippen molar-refractivity contribution in [3.05, 3.63) is 69.4 Å². The summed E-state index contributed by atoms with van der Waals surface area (Å²) in [6, 6.07) is 10.7. The summed E-state index contributed by atoms with van der Waals surface area (Å²) in [5.41, 5.74) is 0.760. The molecule has 0 unspecified atom stereocenters. The summed E-state index contributed by atoms with van der Waals surface area (Å²) in [4.78, 5) is 23.6. The van der Waals surface area contributed by atoms with Crippen LogP contribution in [0.3, 0.4) is 0 Å². The predicted molar refractivity (Wildman–Crippen MR) is 102 cm³/mol. The summed E-state index contributed by atoms with van der Waals surface area (Å²) in [7, 11) is 0. The van der Waals surface area contributed by atoms with Crippen molar-refractivity contribution in [1.82, 2.24) is 0 Å². The van der Waals surface area contributed by atoms with Crippen molar-refractivity contribution >= 4 is 40.8 Å². The number of halogens is 2. The molecule has 0 aliphatic heterocycles. The molecule has 1 aromatic heterocycles. The zero-order valence-corrected chi connectivity index (χ0v) is 15.4. The number of nitrogens with one attached hydrogen (secondary N) is 1. The van der Waals surface area contributed by atoms with Gasteiger partial charge in [0, 0.05) is 11.3 Å². The average Bonchev–Trinajstić information content (AvgIpc) is 3.10. The molecule has 0 saturated heterocycles. The van der Waals surface area contributed by atoms with Crippen molar-refractivity contribution < 1.29 is 24.2 Å². The number of carboxylic acids is 1. The third-order valence-corrected chi connectivity index (χ3v) is 4.65. The first-order valence-electron chi connectivity index (χ1n) is 7.70. The molecular weight excluding hydrogens is 393 g/mol. The van der Waals surface area contributed by atoms with E-state index < -0.39 is 11.9 Å². The maximum Gasteiger partial charge on any atom is 0.339 e. The Hall–Kier alpha value is -2.96. The monoisotopic (exact) mass is 405 g/mol. The van der Waals surface area contributed by atoms with Gasteiger partial charge in [0.05, 0.1) is 10.0 Å². The van der Waals surface area contributed by atoms with Gasteiger partial charge >= 0.3 is 5.97 Å². The molecule has 3 N–H and O–H groups in total. The molecule has 8 heteroatoms. The number of hydrogen-bond acceptors (Lipinski definition) is 4. The van der Waals surface area contributed by atoms with Crippen LogP contribution in [-0.2, 0) is 0 Å². The molecule has 138 valence electrons. The molecule has 1 heterocycles. The molecule has 0 aliphatic carbocycles. The van der Waals surface area contributed by atoms with Gasteiger partial charge in [0.2, 0.25) is 0 Å². The molecule has 2 aromatic carbocycles. The van der Waals surface area contributed by atoms with Crippen LogP contribution in [0.15, 0.2) is 46.9 Å². The Labute approximate surface area is 164 Å². The number of aryl methyl sites for hydroxylation is 1. The van der Waals surface area contributed by atoms with Gasteiger partial charge in [-0.3, -0.25) is 4.79 Å². The molecule has 1 amide bonds. The molecule has 3 rings (SSSR count). The van der Waals surface area contributed by atoms with Gasteiger partial charge in [-0.2, -0.15) is 0 Å². The molecule has 0 radical (unpaired) electrons. The summed E-state index contributed by atoms with van der Waals surface area (Å²) in [5.74, 6) is -1.87. The molecule has 6 nitrogen and oxygen atoms in total. The number of amides is 1. The maximum absolute atomic E-state index is 12.4. The molecule has 0 atom stereocenters. The van der Waals surface area contributed by atoms with Crippen LogP contribution in [0.4, 0.5) is 5.69 Å². The normalized spacial score (nSPS) is 10.6. The highest BCUT2D eigenvalue weighted by molar-refractivity contribution is 6.43. The fraction of sp³-hybridized carbons (Fsp3) is 0.0526. The minimum Gasteiger partial charge on any atom is -0.507 e. The van der Waals surface area contributed by atoms with Crippen molar-refractivity contribution in [3.63, 3.8) is 0 Å². The highest BCUT2D eigenvalue weighted by atomic mass is 35.5. The number of aromatic carboxylic acids is 1. The Kier molecular flexibility index (Phi) is 5.12. The topological polar surface area (TPSA) is 99.8 Å². The first kappa shape index (κ1) is 18.8. The lowest BCUT2D eigenvalue weighted by Gasteiger charge is -2.09. The molecule has 0 spiro atoms. The van der Waals surface area contributed by atoms with E-state index >= 15 is 0 Å². The van der Waals surface area contributed by atoms with Crippen LogP contribution in [-0.4, -0.2) is 22.1 Å². The van der Waals surface area contributed by atoms with E-state index in [9.17, 15) is 14.7 Å². The van der Waals surface area contributed by atoms with Gasteiger partial charge in [0.1, 0.15) is 17.1 Å². The number of furan rings is 1. The quantitative estimate of drug-likeness (QED) is 0.516. The van der Waals surface area contributed by atoms with E-state index in [1.54, 1.807) is 24.3 Å². The Morgan fingerprint density at radius 3 is 2.56 bits per heavy atom. The Morgan fingerprint density at radius 2 is 1.85 bits per heavy atom. The van der Waals surface area contributed by atoms with E-state index in [1.807, 2.05) is 0 Å². The number of phenols is 1. The summed E-state index contributed by atoms with van der Waals surface area (Å²) >= 11 is 12.1. The van der Waals surface area contributed by atoms with E-state index in [4.69, 9.17) is 32.7 Å². The van der Waals surface area contributed by atoms with E-state index in [0.717, 1.165) is 0 Å². The van der Waals surface area contributed by atoms with Crippen LogP contribution in [0.2, 0.25) is 10.0 Å². The standard InChI is InChI=1S/C19H13Cl2NO5/c1-9-7-10(8-12(17(9)23)19(25)26)22-18(24)15-6-5-14(27-15)11-3-2-4-13(20)16(11)21/h2-8,23H,1H3,(H,22,24)(H,25,26). The number of carbonyl (C=O) groups is 2. The number of carboxylic acid groups (broad SMARTS) is 1. The zero-order valence-electron chi connectivity index (χ0n) is 13.9. The molecule has 3 aromatic rings. The van der Waals surface area contributed by atoms with E-state index in [0.29, 0.717) is 26.9 Å². The van der Waals surface area contributed by atoms with E-state index in [1.165, 1.54) is 25.1 Å². The van der Waals surface area contributed by atoms with E-state index in [2.05, 4.69) is 5.32 Å². The first-order chi connectivity index (χ1) is 12.8. The fourth-order valence-corrected chi connectivity index (χ4v) is 2.90. The smallest absolute Gasteiger partial charge is 0.339 e. The Bertz CT molecular complexity index is 1060. The van der Waals surface area contributed by atoms with Crippen molar-refractivity contribution in [2.75, 3.05) is 5.32 Å². The van der Waals surface area contributed by atoms with Crippen molar-refractivity contribution in [2.45, 2.75) is 6.92 Å². The van der Waals surface area contributed by atoms with Crippen LogP contribution in [0, 0.1) is 6.92 Å². The molecule has 0 fully saturated rings. The second kappa shape index (κ2) is 7.34. The third-order valence-electron chi connectivity index (χ3n) is 3.84. The lowest BCUT2D eigenvalue weighted by Crippen LogP contribution is -2.12. The second-order valence-corrected chi connectivity index (χ2v) is 6.50. The van der Waals surface area contributed by atoms with Crippen LogP contribution in [0.5, 0.6) is 5.75 Å². The minimum atomic E-state index is -1.30. The number of anilines is 1. The van der Waals surface area contributed by atoms with Gasteiger partial charge in [0.25, 0.3) is 5.91 Å². The molecule has 27 heavy (non-hydrogen) atoms. The third kappa shape index (κ3) is 3.77. The highest BCUT2D eigenvalue weighted by Crippen LogP contribution is 2.34. The number of carbonyl (C=O) groups excluding carboxylic acids is 1. The molecular formula is C19H13Cl2NO5. The summed E-state index contributed by atoms with van der Waals surface area (Å²) < 4.78 is 5.55. The van der Waals surface area contributed by atoms with Crippen molar-refractivity contribution in [1.29, 1.82) is 0 Å². The van der Waals surface area contributed by atoms with Gasteiger partial charge in [-0.05, 0) is 48.9 Å². The van der Waals surface area contributed by atoms with E-state index in [-0.39, 0.29) is 22.8 Å². The second-order valence-electron chi connectivity index (χ2n) is 5.71. The maximum atomic E-state index is 12.4. The largest absolute Gasteiger partial charge is 0.507 e. The summed E-state index contributed by atoms with van der Waals surface area (Å²) in [5, 5.41) is 22.1. The van der Waals surface area contributed by atoms with Gasteiger partial charge in [0.15, 0.2) is 5.76 Å². The Morgan fingerprint density at radius 1 is 1.11 bits per heavy atom. The number of hydrogen-bond donors (Lipinski definition) is 3. The molecule has 0 bridgehead atoms. The van der Waals surface area contributed by atoms with Gasteiger partial charge in [-0.25, -0.2) is 4.79 Å². The van der Waals surface area contributed by atoms with Crippen molar-refractivity contribution in [3.8, 4) is 17.1 Å². The lowest BCUT2D eigenvalue weighted by atomic mass is 10.1. The van der Waals surface area contributed by atoms with Crippen LogP contribution < -0.4 is 5.32 Å². The van der Waals surface area contributed by atoms with Gasteiger partial charge in [-0.1, -0.05) is 29.3 Å². The van der Waals surface area contributed by atoms with Gasteiger partial charge < -0.3 is 19.9 Å². The fourth-order valence-electron chi connectivity index (χ4n) is 2.51. The molecule has 0 aliphatic rings. The first-order valence-corrected chi connectivity index (χ1v) is 8.46. The minimum absolute atomic E-state index is 0.00338. The number of aromatic hydroxyl groups is 1. The predicted octanol–water partition coefficient (Wildman–Crippen LogP) is 5.22. The average molecular weight is 406 g/mol. The Balaban J connectivity index is 1.87. The number of benzene rings is 2. The summed E-state index contributed by atoms with van der Waals surface area (Å²) in [6.45, 7) is 1.53. The lowest BCUT2D eigenvalue weighted by molar-refractivity contribution is 0.0693. The van der Waals surface area contributed by atoms with Crippen molar-refractivity contribution in [2.24, 2.45) is 0 Å². The zero-order chi connectivity index (χ0) is 19.7. The number of rotatable bonds is 4. The molecule has 0 saturated carbocycles. The SMILES string of the molecule is Cc1cc(NC(=O)c2ccc(-c3cccc(Cl)c3Cl)o2)cc(C(=O)O)c1O. The summed E-state index contributed by atoms with van der Waals surface area (Å²) in [6.07, 6.45) is 0.